The van der Waals surface area contributed by atoms with E-state index in [-0.39, 0.29) is 0 Å². The molecule has 0 aliphatic heterocycles. The quantitative estimate of drug-likeness (QED) is 0.249. The van der Waals surface area contributed by atoms with Crippen molar-refractivity contribution in [2.45, 2.75) is 0 Å². The van der Waals surface area contributed by atoms with E-state index in [1.165, 1.54) is 47.7 Å². The lowest BCUT2D eigenvalue weighted by Gasteiger charge is -2.08. The van der Waals surface area contributed by atoms with Crippen molar-refractivity contribution in [1.29, 1.82) is 0 Å². The van der Waals surface area contributed by atoms with Crippen molar-refractivity contribution >= 4 is 75.3 Å². The maximum Gasteiger partial charge on any atom is 0.136 e. The van der Waals surface area contributed by atoms with E-state index in [0.29, 0.717) is 0 Å². The number of thiophene rings is 1. The molecule has 8 rings (SSSR count). The molecule has 0 radical (unpaired) electrons. The fraction of sp³-hybridized carbons (Fsp3) is 0. The van der Waals surface area contributed by atoms with Gasteiger partial charge < -0.3 is 8.98 Å². The molecule has 0 aliphatic rings. The summed E-state index contributed by atoms with van der Waals surface area (Å²) in [7, 11) is 0. The van der Waals surface area contributed by atoms with Crippen LogP contribution in [0.25, 0.3) is 69.6 Å². The number of nitrogens with zero attached hydrogens (tertiary/aromatic N) is 1. The van der Waals surface area contributed by atoms with Crippen molar-refractivity contribution in [2.24, 2.45) is 0 Å². The highest BCUT2D eigenvalue weighted by Gasteiger charge is 2.16. The Morgan fingerprint density at radius 1 is 0.485 bits per heavy atom. The monoisotopic (exact) mass is 439 g/mol. The Bertz CT molecular complexity index is 2040. The molecule has 0 atom stereocenters. The van der Waals surface area contributed by atoms with Gasteiger partial charge in [-0.1, -0.05) is 54.6 Å². The van der Waals surface area contributed by atoms with Crippen LogP contribution >= 0.6 is 11.3 Å². The molecular formula is C30H17NOS. The second kappa shape index (κ2) is 6.25. The van der Waals surface area contributed by atoms with Crippen molar-refractivity contribution in [1.82, 2.24) is 4.57 Å². The van der Waals surface area contributed by atoms with Crippen LogP contribution in [0.15, 0.2) is 108 Å². The number of hydrogen-bond acceptors (Lipinski definition) is 2. The zero-order valence-corrected chi connectivity index (χ0v) is 18.4. The number of benzene rings is 5. The van der Waals surface area contributed by atoms with E-state index in [1.807, 2.05) is 23.5 Å². The molecule has 33 heavy (non-hydrogen) atoms. The predicted octanol–water partition coefficient (Wildman–Crippen LogP) is 9.05. The molecule has 8 aromatic rings. The summed E-state index contributed by atoms with van der Waals surface area (Å²) in [6.45, 7) is 0. The molecule has 0 saturated carbocycles. The average Bonchev–Trinajstić information content (AvgIpc) is 3.51. The van der Waals surface area contributed by atoms with E-state index in [0.717, 1.165) is 21.9 Å². The van der Waals surface area contributed by atoms with Crippen molar-refractivity contribution in [3.05, 3.63) is 103 Å². The highest BCUT2D eigenvalue weighted by atomic mass is 32.1. The maximum atomic E-state index is 6.21. The minimum atomic E-state index is 0.933. The molecule has 154 valence electrons. The average molecular weight is 440 g/mol. The molecule has 3 heteroatoms. The molecule has 0 unspecified atom stereocenters. The highest BCUT2D eigenvalue weighted by Crippen LogP contribution is 2.40. The van der Waals surface area contributed by atoms with Gasteiger partial charge in [-0.15, -0.1) is 11.3 Å². The fourth-order valence-electron chi connectivity index (χ4n) is 5.32. The van der Waals surface area contributed by atoms with E-state index in [2.05, 4.69) is 95.6 Å². The van der Waals surface area contributed by atoms with E-state index in [1.54, 1.807) is 0 Å². The van der Waals surface area contributed by atoms with Crippen LogP contribution < -0.4 is 0 Å². The lowest BCUT2D eigenvalue weighted by atomic mass is 10.1. The maximum absolute atomic E-state index is 6.21. The van der Waals surface area contributed by atoms with Gasteiger partial charge in [-0.25, -0.2) is 0 Å². The first-order valence-corrected chi connectivity index (χ1v) is 11.9. The lowest BCUT2D eigenvalue weighted by Crippen LogP contribution is -1.93. The normalized spacial score (nSPS) is 12.2. The Labute approximate surface area is 192 Å². The minimum Gasteiger partial charge on any atom is -0.456 e. The van der Waals surface area contributed by atoms with Gasteiger partial charge in [0.05, 0.1) is 11.0 Å². The number of furan rings is 1. The summed E-state index contributed by atoms with van der Waals surface area (Å²) < 4.78 is 11.3. The topological polar surface area (TPSA) is 18.1 Å². The fourth-order valence-corrected chi connectivity index (χ4v) is 6.40. The van der Waals surface area contributed by atoms with Gasteiger partial charge in [-0.2, -0.15) is 0 Å². The minimum absolute atomic E-state index is 0.933. The Hall–Kier alpha value is -4.08. The Morgan fingerprint density at radius 3 is 2.18 bits per heavy atom. The smallest absolute Gasteiger partial charge is 0.136 e. The molecule has 0 saturated heterocycles. The highest BCUT2D eigenvalue weighted by molar-refractivity contribution is 7.25. The summed E-state index contributed by atoms with van der Waals surface area (Å²) in [6, 6.07) is 37.0. The third-order valence-electron chi connectivity index (χ3n) is 6.79. The summed E-state index contributed by atoms with van der Waals surface area (Å²) in [5, 5.41) is 7.41. The molecule has 0 fully saturated rings. The van der Waals surface area contributed by atoms with E-state index < -0.39 is 0 Å². The first-order valence-electron chi connectivity index (χ1n) is 11.1. The molecule has 0 N–H and O–H groups in total. The van der Waals surface area contributed by atoms with Gasteiger partial charge in [0.25, 0.3) is 0 Å². The molecule has 0 aliphatic carbocycles. The van der Waals surface area contributed by atoms with Crippen LogP contribution in [0.2, 0.25) is 0 Å². The van der Waals surface area contributed by atoms with Crippen molar-refractivity contribution in [3.63, 3.8) is 0 Å². The van der Waals surface area contributed by atoms with Gasteiger partial charge in [-0.3, -0.25) is 0 Å². The zero-order valence-electron chi connectivity index (χ0n) is 17.6. The van der Waals surface area contributed by atoms with Crippen LogP contribution in [0.1, 0.15) is 0 Å². The number of rotatable bonds is 1. The van der Waals surface area contributed by atoms with Crippen molar-refractivity contribution < 1.29 is 4.42 Å². The van der Waals surface area contributed by atoms with Crippen LogP contribution in [-0.4, -0.2) is 4.57 Å². The standard InChI is InChI=1S/C30H17NOS/c1-4-10-25-19(7-1)22-17-28-23(20-8-2-5-11-27(20)32-28)16-26(22)31(25)18-13-14-30-24(15-18)21-9-3-6-12-29(21)33-30/h1-17H. The molecular weight excluding hydrogens is 422 g/mol. The summed E-state index contributed by atoms with van der Waals surface area (Å²) >= 11 is 1.86. The second-order valence-electron chi connectivity index (χ2n) is 8.59. The van der Waals surface area contributed by atoms with Crippen LogP contribution in [-0.2, 0) is 0 Å². The number of fused-ring (bicyclic) bond motifs is 9. The molecule has 3 aromatic heterocycles. The summed E-state index contributed by atoms with van der Waals surface area (Å²) in [5.41, 5.74) is 5.47. The SMILES string of the molecule is c1ccc2c(c1)oc1cc3c4ccccc4n(-c4ccc5sc6ccccc6c5c4)c3cc12. The van der Waals surface area contributed by atoms with Crippen LogP contribution in [0.4, 0.5) is 0 Å². The Balaban J connectivity index is 1.53. The zero-order chi connectivity index (χ0) is 21.5. The van der Waals surface area contributed by atoms with E-state index in [9.17, 15) is 0 Å². The summed E-state index contributed by atoms with van der Waals surface area (Å²) in [6.07, 6.45) is 0. The third kappa shape index (κ3) is 2.32. The molecule has 2 nitrogen and oxygen atoms in total. The van der Waals surface area contributed by atoms with Crippen molar-refractivity contribution in [2.75, 3.05) is 0 Å². The molecule has 5 aromatic carbocycles. The molecule has 0 bridgehead atoms. The lowest BCUT2D eigenvalue weighted by molar-refractivity contribution is 0.669. The van der Waals surface area contributed by atoms with Crippen LogP contribution in [0.5, 0.6) is 0 Å². The number of hydrogen-bond donors (Lipinski definition) is 0. The van der Waals surface area contributed by atoms with Gasteiger partial charge >= 0.3 is 0 Å². The Kier molecular flexibility index (Phi) is 3.31. The van der Waals surface area contributed by atoms with Gasteiger partial charge in [0.1, 0.15) is 11.2 Å². The van der Waals surface area contributed by atoms with Crippen molar-refractivity contribution in [3.8, 4) is 5.69 Å². The number of para-hydroxylation sites is 2. The summed E-state index contributed by atoms with van der Waals surface area (Å²) in [4.78, 5) is 0. The first kappa shape index (κ1) is 17.5. The largest absolute Gasteiger partial charge is 0.456 e. The number of aromatic nitrogens is 1. The van der Waals surface area contributed by atoms with Gasteiger partial charge in [-0.05, 0) is 48.5 Å². The second-order valence-corrected chi connectivity index (χ2v) is 9.68. The van der Waals surface area contributed by atoms with E-state index >= 15 is 0 Å². The van der Waals surface area contributed by atoms with Gasteiger partial charge in [0, 0.05) is 47.4 Å². The Morgan fingerprint density at radius 2 is 1.24 bits per heavy atom. The molecule has 3 heterocycles. The third-order valence-corrected chi connectivity index (χ3v) is 7.94. The van der Waals surface area contributed by atoms with E-state index in [4.69, 9.17) is 4.42 Å². The molecule has 0 amide bonds. The van der Waals surface area contributed by atoms with Crippen LogP contribution in [0, 0.1) is 0 Å². The first-order chi connectivity index (χ1) is 16.3. The van der Waals surface area contributed by atoms with Crippen LogP contribution in [0.3, 0.4) is 0 Å². The molecule has 0 spiro atoms. The van der Waals surface area contributed by atoms with Gasteiger partial charge in [0.2, 0.25) is 0 Å². The van der Waals surface area contributed by atoms with Gasteiger partial charge in [0.15, 0.2) is 0 Å². The summed E-state index contributed by atoms with van der Waals surface area (Å²) in [5.74, 6) is 0. The predicted molar refractivity (Wildman–Crippen MR) is 141 cm³/mol.